The maximum atomic E-state index is 10.2. The van der Waals surface area contributed by atoms with Crippen LogP contribution in [0.2, 0.25) is 0 Å². The Morgan fingerprint density at radius 1 is 0.700 bits per heavy atom. The molecule has 0 unspecified atom stereocenters. The molecule has 0 radical (unpaired) electrons. The van der Waals surface area contributed by atoms with Crippen LogP contribution in [0.15, 0.2) is 14.4 Å². The van der Waals surface area contributed by atoms with E-state index in [4.69, 9.17) is 0 Å². The summed E-state index contributed by atoms with van der Waals surface area (Å²) in [4.78, 5) is 35.9. The zero-order valence-electron chi connectivity index (χ0n) is 4.22. The van der Waals surface area contributed by atoms with Gasteiger partial charge < -0.3 is 0 Å². The maximum absolute atomic E-state index is 10.2. The first-order valence-electron chi connectivity index (χ1n) is 2.11. The van der Waals surface area contributed by atoms with Gasteiger partial charge in [0.05, 0.1) is 0 Å². The Labute approximate surface area is 83.7 Å². The second-order valence-electron chi connectivity index (χ2n) is 1.36. The second kappa shape index (κ2) is 3.74. The normalized spacial score (nSPS) is 8.40. The van der Waals surface area contributed by atoms with E-state index in [1.54, 1.807) is 15.0 Å². The number of nitrogens with one attached hydrogen (secondary N) is 3. The van der Waals surface area contributed by atoms with E-state index in [9.17, 15) is 14.4 Å². The van der Waals surface area contributed by atoms with Crippen LogP contribution in [-0.2, 0) is 0 Å². The van der Waals surface area contributed by atoms with Crippen molar-refractivity contribution in [2.24, 2.45) is 0 Å². The van der Waals surface area contributed by atoms with Crippen molar-refractivity contribution >= 4 is 37.7 Å². The molecule has 0 amide bonds. The summed E-state index contributed by atoms with van der Waals surface area (Å²) >= 11 is 0. The molecule has 6 nitrogen and oxygen atoms in total. The Hall–Kier alpha value is -0.330. The fraction of sp³-hybridized carbons (Fsp3) is 0. The summed E-state index contributed by atoms with van der Waals surface area (Å²) < 4.78 is 0. The van der Waals surface area contributed by atoms with Gasteiger partial charge in [-0.3, -0.25) is 15.0 Å². The quantitative estimate of drug-likeness (QED) is 0.359. The number of aromatic nitrogens is 3. The molecular weight excluding hydrogens is 166 g/mol. The van der Waals surface area contributed by atoms with Gasteiger partial charge in [-0.25, -0.2) is 14.4 Å². The first kappa shape index (κ1) is 9.67. The molecule has 0 aliphatic rings. The van der Waals surface area contributed by atoms with Crippen molar-refractivity contribution < 1.29 is 0 Å². The summed E-state index contributed by atoms with van der Waals surface area (Å²) in [5, 5.41) is 0. The van der Waals surface area contributed by atoms with E-state index in [2.05, 4.69) is 0 Å². The third-order valence-electron chi connectivity index (χ3n) is 0.681. The molecule has 10 heavy (non-hydrogen) atoms. The van der Waals surface area contributed by atoms with Crippen LogP contribution in [0.1, 0.15) is 0 Å². The molecule has 1 rings (SSSR count). The third-order valence-corrected chi connectivity index (χ3v) is 0.681. The number of rotatable bonds is 0. The van der Waals surface area contributed by atoms with Crippen molar-refractivity contribution in [2.45, 2.75) is 0 Å². The van der Waals surface area contributed by atoms with Crippen molar-refractivity contribution in [1.29, 1.82) is 0 Å². The molecule has 1 aromatic rings. The molecule has 0 atom stereocenters. The molecule has 0 aromatic carbocycles. The van der Waals surface area contributed by atoms with E-state index in [1.165, 1.54) is 0 Å². The molecule has 7 heteroatoms. The average Bonchev–Trinajstić information content (AvgIpc) is 1.59. The zero-order valence-corrected chi connectivity index (χ0v) is 4.22. The first-order valence-corrected chi connectivity index (χ1v) is 2.11. The fourth-order valence-electron chi connectivity index (χ4n) is 0.403. The van der Waals surface area contributed by atoms with Crippen molar-refractivity contribution in [3.05, 3.63) is 31.5 Å². The van der Waals surface area contributed by atoms with Crippen LogP contribution in [0, 0.1) is 0 Å². The number of hydrogen-bond donors (Lipinski definition) is 3. The van der Waals surface area contributed by atoms with Gasteiger partial charge in [-0.2, -0.15) is 0 Å². The van der Waals surface area contributed by atoms with Gasteiger partial charge in [0.2, 0.25) is 0 Å². The monoisotopic (exact) mass is 171 g/mol. The fourth-order valence-corrected chi connectivity index (χ4v) is 0.403. The van der Waals surface area contributed by atoms with Crippen LogP contribution in [-0.4, -0.2) is 52.7 Å². The second-order valence-corrected chi connectivity index (χ2v) is 1.36. The third kappa shape index (κ3) is 2.51. The molecule has 52 valence electrons. The van der Waals surface area contributed by atoms with Gasteiger partial charge in [0.25, 0.3) is 0 Å². The molecule has 3 N–H and O–H groups in total. The summed E-state index contributed by atoms with van der Waals surface area (Å²) in [6.07, 6.45) is 0. The minimum absolute atomic E-state index is 0. The van der Waals surface area contributed by atoms with Gasteiger partial charge in [0.15, 0.2) is 0 Å². The van der Waals surface area contributed by atoms with E-state index >= 15 is 0 Å². The molecule has 0 saturated carbocycles. The van der Waals surface area contributed by atoms with Crippen molar-refractivity contribution in [1.82, 2.24) is 15.0 Å². The van der Waals surface area contributed by atoms with Gasteiger partial charge in [0, 0.05) is 0 Å². The molecule has 0 aliphatic heterocycles. The summed E-state index contributed by atoms with van der Waals surface area (Å²) in [7, 11) is 0. The standard InChI is InChI=1S/C3H3N3O3.Ca.2H/c7-1-4-2(8)6-3(9)5-1;;;/h(H3,4,5,6,7,8,9);;;. The van der Waals surface area contributed by atoms with Crippen LogP contribution >= 0.6 is 0 Å². The van der Waals surface area contributed by atoms with E-state index in [-0.39, 0.29) is 37.7 Å². The van der Waals surface area contributed by atoms with Crippen molar-refractivity contribution in [3.63, 3.8) is 0 Å². The zero-order chi connectivity index (χ0) is 6.85. The first-order chi connectivity index (χ1) is 4.18. The topological polar surface area (TPSA) is 98.6 Å². The van der Waals surface area contributed by atoms with E-state index in [0.717, 1.165) is 0 Å². The Balaban J connectivity index is 0.000000810. The Morgan fingerprint density at radius 2 is 0.900 bits per heavy atom. The molecule has 0 aliphatic carbocycles. The number of aromatic amines is 3. The predicted octanol–water partition coefficient (Wildman–Crippen LogP) is -3.16. The van der Waals surface area contributed by atoms with Crippen LogP contribution in [0.25, 0.3) is 0 Å². The Morgan fingerprint density at radius 3 is 1.10 bits per heavy atom. The van der Waals surface area contributed by atoms with Crippen LogP contribution < -0.4 is 17.1 Å². The number of hydrogen-bond acceptors (Lipinski definition) is 3. The summed E-state index contributed by atoms with van der Waals surface area (Å²) in [6, 6.07) is 0. The summed E-state index contributed by atoms with van der Waals surface area (Å²) in [5.41, 5.74) is -2.41. The van der Waals surface area contributed by atoms with Gasteiger partial charge in [-0.1, -0.05) is 0 Å². The van der Waals surface area contributed by atoms with E-state index in [0.29, 0.717) is 0 Å². The van der Waals surface area contributed by atoms with Gasteiger partial charge in [-0.15, -0.1) is 0 Å². The molecule has 1 heterocycles. The van der Waals surface area contributed by atoms with Crippen LogP contribution in [0.4, 0.5) is 0 Å². The predicted molar refractivity (Wildman–Crippen MR) is 36.8 cm³/mol. The van der Waals surface area contributed by atoms with Crippen molar-refractivity contribution in [3.8, 4) is 0 Å². The van der Waals surface area contributed by atoms with Crippen LogP contribution in [0.3, 0.4) is 0 Å². The summed E-state index contributed by atoms with van der Waals surface area (Å²) in [5.74, 6) is 0. The van der Waals surface area contributed by atoms with Gasteiger partial charge in [-0.05, 0) is 0 Å². The van der Waals surface area contributed by atoms with Gasteiger partial charge in [0.1, 0.15) is 0 Å². The Bertz CT molecular complexity index is 281. The molecule has 0 fully saturated rings. The minimum atomic E-state index is -0.802. The summed E-state index contributed by atoms with van der Waals surface area (Å²) in [6.45, 7) is 0. The molecule has 1 aromatic heterocycles. The average molecular weight is 171 g/mol. The van der Waals surface area contributed by atoms with Gasteiger partial charge >= 0.3 is 54.8 Å². The molecule has 0 spiro atoms. The van der Waals surface area contributed by atoms with Crippen molar-refractivity contribution in [2.75, 3.05) is 0 Å². The molecule has 0 bridgehead atoms. The number of H-pyrrole nitrogens is 3. The van der Waals surface area contributed by atoms with E-state index < -0.39 is 17.1 Å². The SMILES string of the molecule is O=c1[nH]c(=O)[nH]c(=O)[nH]1.[CaH2]. The molecular formula is C3H5CaN3O3. The van der Waals surface area contributed by atoms with E-state index in [1.807, 2.05) is 0 Å². The van der Waals surface area contributed by atoms with Crippen LogP contribution in [0.5, 0.6) is 0 Å². The molecule has 0 saturated heterocycles. The Kier molecular flexibility index (Phi) is 3.62.